The fourth-order valence-electron chi connectivity index (χ4n) is 2.26. The number of halogens is 1. The van der Waals surface area contributed by atoms with Gasteiger partial charge in [0.2, 0.25) is 0 Å². The number of hydrogen-bond donors (Lipinski definition) is 1. The van der Waals surface area contributed by atoms with Gasteiger partial charge in [-0.05, 0) is 32.3 Å². The molecule has 2 heterocycles. The number of rotatable bonds is 7. The summed E-state index contributed by atoms with van der Waals surface area (Å²) >= 11 is 6.38. The molecule has 0 aliphatic rings. The Morgan fingerprint density at radius 2 is 2.19 bits per heavy atom. The number of pyridine rings is 1. The van der Waals surface area contributed by atoms with Crippen LogP contribution in [0, 0.1) is 0 Å². The van der Waals surface area contributed by atoms with Crippen molar-refractivity contribution >= 4 is 11.6 Å². The SMILES string of the molecule is CCNC(c1cccnc1)c1c(Cl)cnn1CCN(C)C. The minimum absolute atomic E-state index is 0.000798. The molecule has 0 fully saturated rings. The first-order valence-corrected chi connectivity index (χ1v) is 7.50. The maximum Gasteiger partial charge on any atom is 0.0837 e. The van der Waals surface area contributed by atoms with Gasteiger partial charge in [0.15, 0.2) is 0 Å². The van der Waals surface area contributed by atoms with E-state index in [1.54, 1.807) is 12.4 Å². The Hall–Kier alpha value is -1.43. The zero-order valence-corrected chi connectivity index (χ0v) is 13.5. The molecule has 0 bridgehead atoms. The van der Waals surface area contributed by atoms with Crippen LogP contribution in [0.5, 0.6) is 0 Å². The Bertz CT molecular complexity index is 552. The van der Waals surface area contributed by atoms with Gasteiger partial charge in [-0.1, -0.05) is 24.6 Å². The van der Waals surface area contributed by atoms with Crippen molar-refractivity contribution in [1.29, 1.82) is 0 Å². The number of likely N-dealkylation sites (N-methyl/N-ethyl adjacent to an activating group) is 1. The van der Waals surface area contributed by atoms with E-state index < -0.39 is 0 Å². The lowest BCUT2D eigenvalue weighted by molar-refractivity contribution is 0.365. The molecule has 0 amide bonds. The predicted octanol–water partition coefficient (Wildman–Crippen LogP) is 2.19. The molecule has 2 aromatic rings. The van der Waals surface area contributed by atoms with Gasteiger partial charge in [-0.2, -0.15) is 5.10 Å². The van der Waals surface area contributed by atoms with E-state index in [0.29, 0.717) is 5.02 Å². The zero-order chi connectivity index (χ0) is 15.2. The molecule has 114 valence electrons. The summed E-state index contributed by atoms with van der Waals surface area (Å²) in [6, 6.07) is 3.99. The summed E-state index contributed by atoms with van der Waals surface area (Å²) in [5.41, 5.74) is 2.08. The van der Waals surface area contributed by atoms with E-state index in [4.69, 9.17) is 11.6 Å². The van der Waals surface area contributed by atoms with Crippen molar-refractivity contribution in [2.75, 3.05) is 27.2 Å². The first kappa shape index (κ1) is 15.9. The van der Waals surface area contributed by atoms with Crippen molar-refractivity contribution in [2.45, 2.75) is 19.5 Å². The third-order valence-corrected chi connectivity index (χ3v) is 3.58. The van der Waals surface area contributed by atoms with Crippen LogP contribution in [-0.2, 0) is 6.54 Å². The van der Waals surface area contributed by atoms with E-state index in [1.807, 2.05) is 31.0 Å². The Morgan fingerprint density at radius 1 is 1.38 bits per heavy atom. The lowest BCUT2D eigenvalue weighted by Gasteiger charge is -2.21. The number of aromatic nitrogens is 3. The van der Waals surface area contributed by atoms with Crippen LogP contribution in [0.2, 0.25) is 5.02 Å². The summed E-state index contributed by atoms with van der Waals surface area (Å²) < 4.78 is 1.97. The standard InChI is InChI=1S/C15H22ClN5/c1-4-18-14(12-6-5-7-17-10-12)15-13(16)11-19-21(15)9-8-20(2)3/h5-7,10-11,14,18H,4,8-9H2,1-3H3. The van der Waals surface area contributed by atoms with E-state index in [-0.39, 0.29) is 6.04 Å². The molecule has 0 saturated heterocycles. The predicted molar refractivity (Wildman–Crippen MR) is 85.5 cm³/mol. The summed E-state index contributed by atoms with van der Waals surface area (Å²) in [7, 11) is 4.10. The topological polar surface area (TPSA) is 46.0 Å². The van der Waals surface area contributed by atoms with Crippen molar-refractivity contribution in [3.05, 3.63) is 47.0 Å². The van der Waals surface area contributed by atoms with Crippen LogP contribution in [0.4, 0.5) is 0 Å². The van der Waals surface area contributed by atoms with Gasteiger partial charge >= 0.3 is 0 Å². The van der Waals surface area contributed by atoms with Gasteiger partial charge in [-0.25, -0.2) is 0 Å². The number of nitrogens with one attached hydrogen (secondary N) is 1. The molecule has 1 N–H and O–H groups in total. The first-order chi connectivity index (χ1) is 10.1. The molecule has 2 aromatic heterocycles. The molecule has 2 rings (SSSR count). The molecular weight excluding hydrogens is 286 g/mol. The molecule has 0 spiro atoms. The summed E-state index contributed by atoms with van der Waals surface area (Å²) in [4.78, 5) is 6.34. The van der Waals surface area contributed by atoms with Crippen LogP contribution in [0.25, 0.3) is 0 Å². The molecule has 1 unspecified atom stereocenters. The Kier molecular flexibility index (Phi) is 5.73. The Balaban J connectivity index is 2.34. The van der Waals surface area contributed by atoms with Gasteiger partial charge in [-0.15, -0.1) is 0 Å². The van der Waals surface area contributed by atoms with Crippen LogP contribution in [0.3, 0.4) is 0 Å². The van der Waals surface area contributed by atoms with Gasteiger partial charge in [0.25, 0.3) is 0 Å². The van der Waals surface area contributed by atoms with Crippen molar-refractivity contribution in [2.24, 2.45) is 0 Å². The molecule has 1 atom stereocenters. The van der Waals surface area contributed by atoms with Crippen LogP contribution in [0.15, 0.2) is 30.7 Å². The second-order valence-electron chi connectivity index (χ2n) is 5.18. The third kappa shape index (κ3) is 4.03. The normalized spacial score (nSPS) is 12.8. The quantitative estimate of drug-likeness (QED) is 0.852. The van der Waals surface area contributed by atoms with Crippen LogP contribution in [-0.4, -0.2) is 46.8 Å². The third-order valence-electron chi connectivity index (χ3n) is 3.29. The van der Waals surface area contributed by atoms with E-state index >= 15 is 0 Å². The Labute approximate surface area is 130 Å². The highest BCUT2D eigenvalue weighted by Crippen LogP contribution is 2.27. The molecule has 0 aromatic carbocycles. The molecule has 0 aliphatic heterocycles. The van der Waals surface area contributed by atoms with Crippen molar-refractivity contribution in [1.82, 2.24) is 25.0 Å². The summed E-state index contributed by atoms with van der Waals surface area (Å²) in [5, 5.41) is 8.57. The maximum absolute atomic E-state index is 6.38. The number of nitrogens with zero attached hydrogens (tertiary/aromatic N) is 4. The van der Waals surface area contributed by atoms with Crippen LogP contribution < -0.4 is 5.32 Å². The fraction of sp³-hybridized carbons (Fsp3) is 0.467. The lowest BCUT2D eigenvalue weighted by Crippen LogP contribution is -2.27. The average molecular weight is 308 g/mol. The fourth-order valence-corrected chi connectivity index (χ4v) is 2.51. The van der Waals surface area contributed by atoms with Gasteiger partial charge in [-0.3, -0.25) is 9.67 Å². The number of hydrogen-bond acceptors (Lipinski definition) is 4. The minimum atomic E-state index is 0.000798. The van der Waals surface area contributed by atoms with Crippen molar-refractivity contribution < 1.29 is 0 Å². The van der Waals surface area contributed by atoms with Crippen LogP contribution in [0.1, 0.15) is 24.2 Å². The van der Waals surface area contributed by atoms with Crippen LogP contribution >= 0.6 is 11.6 Å². The molecule has 0 radical (unpaired) electrons. The minimum Gasteiger partial charge on any atom is -0.308 e. The molecule has 0 saturated carbocycles. The summed E-state index contributed by atoms with van der Waals surface area (Å²) in [6.07, 6.45) is 5.36. The Morgan fingerprint density at radius 3 is 2.81 bits per heavy atom. The zero-order valence-electron chi connectivity index (χ0n) is 12.8. The summed E-state index contributed by atoms with van der Waals surface area (Å²) in [6.45, 7) is 4.64. The molecule has 21 heavy (non-hydrogen) atoms. The summed E-state index contributed by atoms with van der Waals surface area (Å²) in [5.74, 6) is 0. The second-order valence-corrected chi connectivity index (χ2v) is 5.59. The van der Waals surface area contributed by atoms with Gasteiger partial charge < -0.3 is 10.2 Å². The highest BCUT2D eigenvalue weighted by molar-refractivity contribution is 6.31. The van der Waals surface area contributed by atoms with Gasteiger partial charge in [0, 0.05) is 18.9 Å². The van der Waals surface area contributed by atoms with E-state index in [0.717, 1.165) is 30.9 Å². The molecular formula is C15H22ClN5. The highest BCUT2D eigenvalue weighted by Gasteiger charge is 2.21. The highest BCUT2D eigenvalue weighted by atomic mass is 35.5. The van der Waals surface area contributed by atoms with Gasteiger partial charge in [0.1, 0.15) is 0 Å². The monoisotopic (exact) mass is 307 g/mol. The van der Waals surface area contributed by atoms with Gasteiger partial charge in [0.05, 0.1) is 29.5 Å². The largest absolute Gasteiger partial charge is 0.308 e. The smallest absolute Gasteiger partial charge is 0.0837 e. The molecule has 6 heteroatoms. The lowest BCUT2D eigenvalue weighted by atomic mass is 10.1. The van der Waals surface area contributed by atoms with Crippen molar-refractivity contribution in [3.8, 4) is 0 Å². The molecule has 5 nitrogen and oxygen atoms in total. The maximum atomic E-state index is 6.38. The average Bonchev–Trinajstić information content (AvgIpc) is 2.84. The first-order valence-electron chi connectivity index (χ1n) is 7.12. The van der Waals surface area contributed by atoms with Crippen molar-refractivity contribution in [3.63, 3.8) is 0 Å². The molecule has 0 aliphatic carbocycles. The van der Waals surface area contributed by atoms with E-state index in [2.05, 4.69) is 33.3 Å². The van der Waals surface area contributed by atoms with E-state index in [9.17, 15) is 0 Å². The second kappa shape index (κ2) is 7.54. The van der Waals surface area contributed by atoms with E-state index in [1.165, 1.54) is 0 Å².